The number of morpholine rings is 1. The fourth-order valence-corrected chi connectivity index (χ4v) is 3.84. The third-order valence-electron chi connectivity index (χ3n) is 5.78. The molecule has 1 aliphatic heterocycles. The molecule has 0 radical (unpaired) electrons. The second kappa shape index (κ2) is 8.69. The van der Waals surface area contributed by atoms with E-state index in [1.54, 1.807) is 26.1 Å². The van der Waals surface area contributed by atoms with Crippen molar-refractivity contribution in [3.05, 3.63) is 69.7 Å². The largest absolute Gasteiger partial charge is 0.433 e. The van der Waals surface area contributed by atoms with Crippen LogP contribution in [0.2, 0.25) is 0 Å². The number of H-pyrrole nitrogens is 1. The molecule has 5 rings (SSSR count). The first-order valence-corrected chi connectivity index (χ1v) is 10.8. The quantitative estimate of drug-likeness (QED) is 0.472. The van der Waals surface area contributed by atoms with E-state index >= 15 is 0 Å². The highest BCUT2D eigenvalue weighted by Gasteiger charge is 2.32. The van der Waals surface area contributed by atoms with Crippen LogP contribution in [0, 0.1) is 13.8 Å². The van der Waals surface area contributed by atoms with Crippen molar-refractivity contribution in [1.29, 1.82) is 0 Å². The molecule has 1 N–H and O–H groups in total. The van der Waals surface area contributed by atoms with Crippen LogP contribution in [-0.2, 0) is 10.9 Å². The third-order valence-corrected chi connectivity index (χ3v) is 5.78. The van der Waals surface area contributed by atoms with Gasteiger partial charge in [-0.05, 0) is 37.6 Å². The third kappa shape index (κ3) is 4.56. The number of aryl methyl sites for hydroxylation is 2. The number of halogens is 3. The van der Waals surface area contributed by atoms with Crippen molar-refractivity contribution in [2.45, 2.75) is 26.1 Å². The highest BCUT2D eigenvalue weighted by molar-refractivity contribution is 5.87. The number of aromatic amines is 1. The van der Waals surface area contributed by atoms with Crippen molar-refractivity contribution in [2.75, 3.05) is 24.6 Å². The van der Waals surface area contributed by atoms with Gasteiger partial charge in [-0.15, -0.1) is 0 Å². The summed E-state index contributed by atoms with van der Waals surface area (Å²) in [6, 6.07) is 5.48. The summed E-state index contributed by atoms with van der Waals surface area (Å²) in [7, 11) is 0. The van der Waals surface area contributed by atoms with Gasteiger partial charge in [-0.2, -0.15) is 18.2 Å². The van der Waals surface area contributed by atoms with Gasteiger partial charge in [-0.1, -0.05) is 0 Å². The van der Waals surface area contributed by atoms with Gasteiger partial charge in [0.25, 0.3) is 0 Å². The predicted molar refractivity (Wildman–Crippen MR) is 121 cm³/mol. The van der Waals surface area contributed by atoms with E-state index in [1.807, 2.05) is 4.90 Å². The van der Waals surface area contributed by atoms with Crippen molar-refractivity contribution >= 4 is 17.1 Å². The maximum atomic E-state index is 13.0. The summed E-state index contributed by atoms with van der Waals surface area (Å²) in [5.41, 5.74) is 2.24. The minimum atomic E-state index is -4.55. The Morgan fingerprint density at radius 2 is 1.89 bits per heavy atom. The normalized spacial score (nSPS) is 16.6. The standard InChI is InChI=1S/C23H20F3N7O2/c1-12-13(2)30-21-20(29-12)19(15-3-4-17(28-10-15)23(24,25)26)31-22(32-21)33-7-8-35-16(11-33)14-5-6-27-18(34)9-14/h3-6,9-10,16H,7-8,11H2,1-2H3,(H,27,34)/t16-/m0/s1. The molecule has 1 atom stereocenters. The summed E-state index contributed by atoms with van der Waals surface area (Å²) in [6.07, 6.45) is -2.24. The average Bonchev–Trinajstić information content (AvgIpc) is 2.84. The van der Waals surface area contributed by atoms with Crippen LogP contribution in [0.3, 0.4) is 0 Å². The molecule has 0 unspecified atom stereocenters. The number of anilines is 1. The van der Waals surface area contributed by atoms with Gasteiger partial charge in [-0.3, -0.25) is 9.78 Å². The summed E-state index contributed by atoms with van der Waals surface area (Å²) in [5.74, 6) is 0.336. The molecule has 1 fully saturated rings. The molecule has 0 spiro atoms. The van der Waals surface area contributed by atoms with Gasteiger partial charge in [-0.25, -0.2) is 15.0 Å². The Labute approximate surface area is 197 Å². The van der Waals surface area contributed by atoms with Gasteiger partial charge in [0.1, 0.15) is 23.0 Å². The fourth-order valence-electron chi connectivity index (χ4n) is 3.84. The van der Waals surface area contributed by atoms with Gasteiger partial charge < -0.3 is 14.6 Å². The lowest BCUT2D eigenvalue weighted by Crippen LogP contribution is -2.39. The second-order valence-electron chi connectivity index (χ2n) is 8.16. The molecular formula is C23H20F3N7O2. The number of hydrogen-bond acceptors (Lipinski definition) is 8. The van der Waals surface area contributed by atoms with Gasteiger partial charge in [0, 0.05) is 30.6 Å². The summed E-state index contributed by atoms with van der Waals surface area (Å²) in [6.45, 7) is 4.82. The molecular weight excluding hydrogens is 463 g/mol. The van der Waals surface area contributed by atoms with E-state index in [0.29, 0.717) is 59.5 Å². The summed E-state index contributed by atoms with van der Waals surface area (Å²) < 4.78 is 44.9. The van der Waals surface area contributed by atoms with E-state index in [2.05, 4.69) is 29.9 Å². The van der Waals surface area contributed by atoms with Gasteiger partial charge in [0.15, 0.2) is 5.65 Å². The highest BCUT2D eigenvalue weighted by atomic mass is 19.4. The number of aromatic nitrogens is 6. The highest BCUT2D eigenvalue weighted by Crippen LogP contribution is 2.32. The molecule has 0 amide bonds. The summed E-state index contributed by atoms with van der Waals surface area (Å²) >= 11 is 0. The minimum absolute atomic E-state index is 0.233. The molecule has 0 bridgehead atoms. The van der Waals surface area contributed by atoms with Crippen molar-refractivity contribution in [2.24, 2.45) is 0 Å². The number of pyridine rings is 2. The van der Waals surface area contributed by atoms with Crippen LogP contribution in [-0.4, -0.2) is 49.6 Å². The molecule has 12 heteroatoms. The second-order valence-corrected chi connectivity index (χ2v) is 8.16. The molecule has 9 nitrogen and oxygen atoms in total. The van der Waals surface area contributed by atoms with Crippen LogP contribution < -0.4 is 10.5 Å². The molecule has 5 heterocycles. The zero-order chi connectivity index (χ0) is 24.7. The zero-order valence-corrected chi connectivity index (χ0v) is 18.8. The van der Waals surface area contributed by atoms with E-state index < -0.39 is 11.9 Å². The topological polar surface area (TPSA) is 110 Å². The van der Waals surface area contributed by atoms with Crippen LogP contribution in [0.5, 0.6) is 0 Å². The predicted octanol–water partition coefficient (Wildman–Crippen LogP) is 3.38. The number of alkyl halides is 3. The molecule has 35 heavy (non-hydrogen) atoms. The molecule has 0 saturated carbocycles. The molecule has 180 valence electrons. The summed E-state index contributed by atoms with van der Waals surface area (Å²) in [5, 5.41) is 0. The number of ether oxygens (including phenoxy) is 1. The Hall–Kier alpha value is -3.93. The van der Waals surface area contributed by atoms with Gasteiger partial charge >= 0.3 is 6.18 Å². The lowest BCUT2D eigenvalue weighted by molar-refractivity contribution is -0.141. The number of rotatable bonds is 3. The van der Waals surface area contributed by atoms with E-state index in [1.165, 1.54) is 12.1 Å². The number of nitrogens with one attached hydrogen (secondary N) is 1. The molecule has 1 saturated heterocycles. The Morgan fingerprint density at radius 1 is 1.09 bits per heavy atom. The fraction of sp³-hybridized carbons (Fsp3) is 0.304. The first-order chi connectivity index (χ1) is 16.7. The minimum Gasteiger partial charge on any atom is -0.370 e. The van der Waals surface area contributed by atoms with E-state index in [4.69, 9.17) is 4.74 Å². The maximum Gasteiger partial charge on any atom is 0.433 e. The smallest absolute Gasteiger partial charge is 0.370 e. The Bertz CT molecular complexity index is 1450. The van der Waals surface area contributed by atoms with Crippen LogP contribution in [0.1, 0.15) is 28.7 Å². The van der Waals surface area contributed by atoms with Crippen LogP contribution in [0.4, 0.5) is 19.1 Å². The van der Waals surface area contributed by atoms with Crippen LogP contribution in [0.25, 0.3) is 22.4 Å². The SMILES string of the molecule is Cc1nc2nc(N3CCO[C@H](c4cc[nH]c(=O)c4)C3)nc(-c3ccc(C(F)(F)F)nc3)c2nc1C. The van der Waals surface area contributed by atoms with Crippen molar-refractivity contribution in [1.82, 2.24) is 29.9 Å². The van der Waals surface area contributed by atoms with E-state index in [-0.39, 0.29) is 11.7 Å². The van der Waals surface area contributed by atoms with Gasteiger partial charge in [0.05, 0.1) is 24.5 Å². The van der Waals surface area contributed by atoms with E-state index in [0.717, 1.165) is 17.8 Å². The molecule has 0 aromatic carbocycles. The Balaban J connectivity index is 1.59. The van der Waals surface area contributed by atoms with Crippen molar-refractivity contribution in [3.8, 4) is 11.3 Å². The maximum absolute atomic E-state index is 13.0. The van der Waals surface area contributed by atoms with Crippen molar-refractivity contribution < 1.29 is 17.9 Å². The first kappa shape index (κ1) is 22.8. The number of nitrogens with zero attached hydrogens (tertiary/aromatic N) is 6. The molecule has 0 aliphatic carbocycles. The van der Waals surface area contributed by atoms with E-state index in [9.17, 15) is 18.0 Å². The van der Waals surface area contributed by atoms with Crippen LogP contribution in [0.15, 0.2) is 41.5 Å². The summed E-state index contributed by atoms with van der Waals surface area (Å²) in [4.78, 5) is 38.2. The monoisotopic (exact) mass is 483 g/mol. The van der Waals surface area contributed by atoms with Crippen molar-refractivity contribution in [3.63, 3.8) is 0 Å². The first-order valence-electron chi connectivity index (χ1n) is 10.8. The zero-order valence-electron chi connectivity index (χ0n) is 18.8. The Kier molecular flexibility index (Phi) is 5.67. The lowest BCUT2D eigenvalue weighted by Gasteiger charge is -2.33. The van der Waals surface area contributed by atoms with Crippen LogP contribution >= 0.6 is 0 Å². The average molecular weight is 483 g/mol. The number of fused-ring (bicyclic) bond motifs is 1. The molecule has 4 aromatic heterocycles. The van der Waals surface area contributed by atoms with Gasteiger partial charge in [0.2, 0.25) is 11.5 Å². The molecule has 1 aliphatic rings. The molecule has 4 aromatic rings. The lowest BCUT2D eigenvalue weighted by atomic mass is 10.1. The number of hydrogen-bond donors (Lipinski definition) is 1. The Morgan fingerprint density at radius 3 is 2.60 bits per heavy atom.